The van der Waals surface area contributed by atoms with Crippen LogP contribution in [0.4, 0.5) is 5.13 Å². The zero-order chi connectivity index (χ0) is 18.1. The highest BCUT2D eigenvalue weighted by Gasteiger charge is 2.17. The predicted octanol–water partition coefficient (Wildman–Crippen LogP) is 4.61. The van der Waals surface area contributed by atoms with Crippen LogP contribution in [0.1, 0.15) is 28.5 Å². The molecular weight excluding hydrogens is 344 g/mol. The smallest absolute Gasteiger partial charge is 0.260 e. The Morgan fingerprint density at radius 1 is 1.19 bits per heavy atom. The van der Waals surface area contributed by atoms with E-state index >= 15 is 0 Å². The lowest BCUT2D eigenvalue weighted by molar-refractivity contribution is 0.102. The fourth-order valence-electron chi connectivity index (χ4n) is 2.87. The summed E-state index contributed by atoms with van der Waals surface area (Å²) < 4.78 is 2.84. The van der Waals surface area contributed by atoms with Gasteiger partial charge in [0.1, 0.15) is 0 Å². The molecule has 0 unspecified atom stereocenters. The number of amides is 1. The zero-order valence-electron chi connectivity index (χ0n) is 14.6. The van der Waals surface area contributed by atoms with Crippen LogP contribution in [-0.4, -0.2) is 20.7 Å². The molecular formula is C20H18N4OS. The van der Waals surface area contributed by atoms with Crippen molar-refractivity contribution in [3.05, 3.63) is 71.5 Å². The molecule has 0 fully saturated rings. The highest BCUT2D eigenvalue weighted by molar-refractivity contribution is 7.22. The van der Waals surface area contributed by atoms with Gasteiger partial charge in [-0.05, 0) is 43.2 Å². The Bertz CT molecular complexity index is 1080. The molecule has 0 atom stereocenters. The molecule has 0 aliphatic rings. The third kappa shape index (κ3) is 2.99. The first-order valence-electron chi connectivity index (χ1n) is 8.46. The summed E-state index contributed by atoms with van der Waals surface area (Å²) in [6.45, 7) is 4.01. The van der Waals surface area contributed by atoms with Crippen molar-refractivity contribution in [1.82, 2.24) is 14.8 Å². The fraction of sp³-hybridized carbons (Fsp3) is 0.150. The Balaban J connectivity index is 1.60. The van der Waals surface area contributed by atoms with Crippen molar-refractivity contribution in [3.8, 4) is 5.69 Å². The van der Waals surface area contributed by atoms with E-state index in [1.54, 1.807) is 10.9 Å². The molecule has 130 valence electrons. The molecule has 0 bridgehead atoms. The first kappa shape index (κ1) is 16.5. The number of rotatable bonds is 4. The monoisotopic (exact) mass is 362 g/mol. The van der Waals surface area contributed by atoms with Crippen LogP contribution >= 0.6 is 11.3 Å². The van der Waals surface area contributed by atoms with Gasteiger partial charge < -0.3 is 0 Å². The third-order valence-corrected chi connectivity index (χ3v) is 5.27. The number of nitrogens with one attached hydrogen (secondary N) is 1. The van der Waals surface area contributed by atoms with Gasteiger partial charge in [-0.2, -0.15) is 5.10 Å². The van der Waals surface area contributed by atoms with Gasteiger partial charge in [-0.25, -0.2) is 9.67 Å². The standard InChI is InChI=1S/C20H18N4OS/c1-3-14-9-10-17-18(11-14)26-20(22-17)23-19(25)16-12-21-24(13(16)2)15-7-5-4-6-8-15/h4-12H,3H2,1-2H3,(H,22,23,25). The lowest BCUT2D eigenvalue weighted by Crippen LogP contribution is -2.12. The minimum absolute atomic E-state index is 0.195. The molecule has 4 aromatic rings. The van der Waals surface area contributed by atoms with Crippen LogP contribution in [0.2, 0.25) is 0 Å². The van der Waals surface area contributed by atoms with Crippen LogP contribution in [-0.2, 0) is 6.42 Å². The lowest BCUT2D eigenvalue weighted by Gasteiger charge is -2.05. The van der Waals surface area contributed by atoms with Gasteiger partial charge >= 0.3 is 0 Å². The molecule has 0 aliphatic heterocycles. The number of hydrogen-bond donors (Lipinski definition) is 1. The number of anilines is 1. The van der Waals surface area contributed by atoms with Crippen molar-refractivity contribution in [1.29, 1.82) is 0 Å². The van der Waals surface area contributed by atoms with Gasteiger partial charge in [-0.15, -0.1) is 0 Å². The second-order valence-corrected chi connectivity index (χ2v) is 7.05. The normalized spacial score (nSPS) is 11.0. The molecule has 26 heavy (non-hydrogen) atoms. The average molecular weight is 362 g/mol. The van der Waals surface area contributed by atoms with E-state index in [0.717, 1.165) is 28.0 Å². The summed E-state index contributed by atoms with van der Waals surface area (Å²) in [6.07, 6.45) is 2.58. The number of carbonyl (C=O) groups excluding carboxylic acids is 1. The van der Waals surface area contributed by atoms with Gasteiger partial charge in [0.05, 0.1) is 33.4 Å². The Morgan fingerprint density at radius 2 is 2.00 bits per heavy atom. The third-order valence-electron chi connectivity index (χ3n) is 4.34. The van der Waals surface area contributed by atoms with Gasteiger partial charge in [0.2, 0.25) is 0 Å². The Kier molecular flexibility index (Phi) is 4.26. The van der Waals surface area contributed by atoms with Crippen molar-refractivity contribution < 1.29 is 4.79 Å². The summed E-state index contributed by atoms with van der Waals surface area (Å²) in [6, 6.07) is 16.0. The van der Waals surface area contributed by atoms with E-state index in [4.69, 9.17) is 0 Å². The Labute approximate surface area is 155 Å². The minimum Gasteiger partial charge on any atom is -0.298 e. The van der Waals surface area contributed by atoms with Gasteiger partial charge in [-0.1, -0.05) is 42.5 Å². The molecule has 0 saturated heterocycles. The van der Waals surface area contributed by atoms with Crippen LogP contribution in [0.25, 0.3) is 15.9 Å². The highest BCUT2D eigenvalue weighted by atomic mass is 32.1. The number of para-hydroxylation sites is 1. The van der Waals surface area contributed by atoms with E-state index in [-0.39, 0.29) is 5.91 Å². The highest BCUT2D eigenvalue weighted by Crippen LogP contribution is 2.27. The maximum absolute atomic E-state index is 12.7. The second kappa shape index (κ2) is 6.72. The number of fused-ring (bicyclic) bond motifs is 1. The van der Waals surface area contributed by atoms with Crippen molar-refractivity contribution in [2.75, 3.05) is 5.32 Å². The molecule has 2 aromatic heterocycles. The summed E-state index contributed by atoms with van der Waals surface area (Å²) in [4.78, 5) is 17.2. The minimum atomic E-state index is -0.195. The van der Waals surface area contributed by atoms with Crippen LogP contribution in [0.15, 0.2) is 54.7 Å². The van der Waals surface area contributed by atoms with E-state index in [0.29, 0.717) is 10.7 Å². The first-order chi connectivity index (χ1) is 12.7. The van der Waals surface area contributed by atoms with Crippen LogP contribution < -0.4 is 5.32 Å². The predicted molar refractivity (Wildman–Crippen MR) is 105 cm³/mol. The van der Waals surface area contributed by atoms with E-state index in [1.807, 2.05) is 43.3 Å². The maximum Gasteiger partial charge on any atom is 0.260 e. The second-order valence-electron chi connectivity index (χ2n) is 6.02. The summed E-state index contributed by atoms with van der Waals surface area (Å²) in [5.74, 6) is -0.195. The molecule has 4 rings (SSSR count). The fourth-order valence-corrected chi connectivity index (χ4v) is 3.79. The van der Waals surface area contributed by atoms with E-state index in [9.17, 15) is 4.79 Å². The molecule has 2 aromatic carbocycles. The topological polar surface area (TPSA) is 59.8 Å². The zero-order valence-corrected chi connectivity index (χ0v) is 15.4. The molecule has 1 N–H and O–H groups in total. The molecule has 2 heterocycles. The van der Waals surface area contributed by atoms with Crippen molar-refractivity contribution in [2.45, 2.75) is 20.3 Å². The molecule has 0 aliphatic carbocycles. The molecule has 0 spiro atoms. The van der Waals surface area contributed by atoms with E-state index in [2.05, 4.69) is 34.5 Å². The number of nitrogens with zero attached hydrogens (tertiary/aromatic N) is 3. The first-order valence-corrected chi connectivity index (χ1v) is 9.28. The van der Waals surface area contributed by atoms with Crippen molar-refractivity contribution in [3.63, 3.8) is 0 Å². The van der Waals surface area contributed by atoms with E-state index < -0.39 is 0 Å². The van der Waals surface area contributed by atoms with Gasteiger partial charge in [0.15, 0.2) is 5.13 Å². The summed E-state index contributed by atoms with van der Waals surface area (Å²) in [5, 5.41) is 7.86. The van der Waals surface area contributed by atoms with Gasteiger partial charge in [0.25, 0.3) is 5.91 Å². The lowest BCUT2D eigenvalue weighted by atomic mass is 10.2. The number of benzene rings is 2. The number of aryl methyl sites for hydroxylation is 1. The molecule has 0 radical (unpaired) electrons. The Morgan fingerprint density at radius 3 is 2.77 bits per heavy atom. The Hall–Kier alpha value is -2.99. The number of hydrogen-bond acceptors (Lipinski definition) is 4. The number of aromatic nitrogens is 3. The van der Waals surface area contributed by atoms with Gasteiger partial charge in [-0.3, -0.25) is 10.1 Å². The average Bonchev–Trinajstić information content (AvgIpc) is 3.24. The van der Waals surface area contributed by atoms with Crippen LogP contribution in [0, 0.1) is 6.92 Å². The van der Waals surface area contributed by atoms with Crippen LogP contribution in [0.5, 0.6) is 0 Å². The van der Waals surface area contributed by atoms with Crippen molar-refractivity contribution >= 4 is 32.6 Å². The quantitative estimate of drug-likeness (QED) is 0.577. The molecule has 1 amide bonds. The summed E-state index contributed by atoms with van der Waals surface area (Å²) >= 11 is 1.49. The van der Waals surface area contributed by atoms with Gasteiger partial charge in [0, 0.05) is 0 Å². The number of thiazole rings is 1. The SMILES string of the molecule is CCc1ccc2nc(NC(=O)c3cnn(-c4ccccc4)c3C)sc2c1. The van der Waals surface area contributed by atoms with Crippen molar-refractivity contribution in [2.24, 2.45) is 0 Å². The molecule has 6 heteroatoms. The number of carbonyl (C=O) groups is 1. The summed E-state index contributed by atoms with van der Waals surface area (Å²) in [7, 11) is 0. The van der Waals surface area contributed by atoms with Crippen LogP contribution in [0.3, 0.4) is 0 Å². The molecule has 5 nitrogen and oxygen atoms in total. The largest absolute Gasteiger partial charge is 0.298 e. The van der Waals surface area contributed by atoms with E-state index in [1.165, 1.54) is 16.9 Å². The maximum atomic E-state index is 12.7. The summed E-state index contributed by atoms with van der Waals surface area (Å²) in [5.41, 5.74) is 4.43. The molecule has 0 saturated carbocycles.